The van der Waals surface area contributed by atoms with E-state index in [4.69, 9.17) is 10.2 Å². The molecule has 127 valence electrons. The normalized spacial score (nSPS) is 14.7. The van der Waals surface area contributed by atoms with E-state index in [1.165, 1.54) is 49.9 Å². The summed E-state index contributed by atoms with van der Waals surface area (Å²) in [6.45, 7) is 0. The number of phenols is 2. The second kappa shape index (κ2) is 13.4. The molecule has 0 heterocycles. The molecule has 1 radical (unpaired) electrons. The van der Waals surface area contributed by atoms with E-state index in [0.29, 0.717) is 0 Å². The van der Waals surface area contributed by atoms with Crippen LogP contribution in [0, 0.1) is 0 Å². The minimum Gasteiger partial charge on any atom is -0.508 e. The number of aromatic hydroxyl groups is 2. The predicted molar refractivity (Wildman–Crippen MR) is 76.7 cm³/mol. The van der Waals surface area contributed by atoms with Gasteiger partial charge in [-0.1, -0.05) is 24.3 Å². The van der Waals surface area contributed by atoms with Crippen LogP contribution in [0.25, 0.3) is 0 Å². The Hall–Kier alpha value is -1.29. The first kappa shape index (κ1) is 23.0. The quantitative estimate of drug-likeness (QED) is 0.273. The smallest absolute Gasteiger partial charge is 0.508 e. The van der Waals surface area contributed by atoms with E-state index in [1.54, 1.807) is 0 Å². The van der Waals surface area contributed by atoms with Gasteiger partial charge in [-0.15, -0.1) is 0 Å². The average Bonchev–Trinajstić information content (AvgIpc) is 2.31. The zero-order valence-corrected chi connectivity index (χ0v) is 13.4. The van der Waals surface area contributed by atoms with E-state index in [2.05, 4.69) is 24.3 Å². The fourth-order valence-electron chi connectivity index (χ4n) is 1.31. The monoisotopic (exact) mass is 408 g/mol. The molecule has 22 heavy (non-hydrogen) atoms. The Kier molecular flexibility index (Phi) is 14.0. The van der Waals surface area contributed by atoms with Gasteiger partial charge in [-0.2, -0.15) is 0 Å². The first-order valence-corrected chi connectivity index (χ1v) is 6.44. The van der Waals surface area contributed by atoms with Gasteiger partial charge in [0.15, 0.2) is 0 Å². The Bertz CT molecular complexity index is 380. The molecule has 0 aromatic heterocycles. The van der Waals surface area contributed by atoms with Crippen molar-refractivity contribution in [3.63, 3.8) is 0 Å². The van der Waals surface area contributed by atoms with Crippen LogP contribution in [0.5, 0.6) is 11.5 Å². The van der Waals surface area contributed by atoms with Gasteiger partial charge in [0.25, 0.3) is 0 Å². The second-order valence-corrected chi connectivity index (χ2v) is 4.11. The number of phenolic OH excluding ortho intramolecular Hbond substituents is 2. The Morgan fingerprint density at radius 2 is 0.818 bits per heavy atom. The van der Waals surface area contributed by atoms with E-state index in [0.717, 1.165) is 0 Å². The number of halogens is 4. The fourth-order valence-corrected chi connectivity index (χ4v) is 1.31. The number of rotatable bonds is 0. The number of hydrogen-bond acceptors (Lipinski definition) is 2. The third kappa shape index (κ3) is 21.0. The maximum Gasteiger partial charge on any atom is 0.673 e. The predicted octanol–water partition coefficient (Wildman–Crippen LogP) is 5.07. The van der Waals surface area contributed by atoms with Crippen LogP contribution in [0.15, 0.2) is 48.6 Å². The molecule has 0 atom stereocenters. The van der Waals surface area contributed by atoms with Crippen LogP contribution in [0.2, 0.25) is 0 Å². The Labute approximate surface area is 140 Å². The topological polar surface area (TPSA) is 40.5 Å². The molecule has 1 aromatic rings. The summed E-state index contributed by atoms with van der Waals surface area (Å²) in [5.41, 5.74) is 0. The van der Waals surface area contributed by atoms with E-state index >= 15 is 0 Å². The largest absolute Gasteiger partial charge is 0.673 e. The number of benzene rings is 1. The van der Waals surface area contributed by atoms with Crippen molar-refractivity contribution in [1.29, 1.82) is 0 Å². The summed E-state index contributed by atoms with van der Waals surface area (Å²) in [5, 5.41) is 17.3. The van der Waals surface area contributed by atoms with Gasteiger partial charge in [0.2, 0.25) is 0 Å². The molecular formula is C14H18BF4O2Rh-. The summed E-state index contributed by atoms with van der Waals surface area (Å²) < 4.78 is 39.0. The summed E-state index contributed by atoms with van der Waals surface area (Å²) in [7, 11) is -6.00. The molecule has 8 heteroatoms. The molecule has 0 fully saturated rings. The van der Waals surface area contributed by atoms with Gasteiger partial charge >= 0.3 is 7.25 Å². The summed E-state index contributed by atoms with van der Waals surface area (Å²) in [6, 6.07) is 5.70. The summed E-state index contributed by atoms with van der Waals surface area (Å²) in [5.74, 6) is 0.339. The first-order valence-electron chi connectivity index (χ1n) is 6.44. The number of allylic oxidation sites excluding steroid dienone is 4. The minimum absolute atomic E-state index is 0. The zero-order valence-electron chi connectivity index (χ0n) is 11.8. The average molecular weight is 408 g/mol. The maximum absolute atomic E-state index is 9.75. The van der Waals surface area contributed by atoms with E-state index in [9.17, 15) is 17.3 Å². The Morgan fingerprint density at radius 1 is 0.636 bits per heavy atom. The molecule has 0 unspecified atom stereocenters. The van der Waals surface area contributed by atoms with E-state index < -0.39 is 7.25 Å². The molecule has 1 aliphatic carbocycles. The summed E-state index contributed by atoms with van der Waals surface area (Å²) in [6.07, 6.45) is 14.0. The first-order chi connectivity index (χ1) is 9.79. The molecule has 1 aliphatic rings. The molecule has 0 spiro atoms. The molecule has 0 saturated carbocycles. The third-order valence-electron chi connectivity index (χ3n) is 2.18. The summed E-state index contributed by atoms with van der Waals surface area (Å²) >= 11 is 0. The second-order valence-electron chi connectivity index (χ2n) is 4.11. The molecule has 2 nitrogen and oxygen atoms in total. The molecule has 0 saturated heterocycles. The van der Waals surface area contributed by atoms with Gasteiger partial charge in [-0.25, -0.2) is 0 Å². The molecule has 2 N–H and O–H groups in total. The van der Waals surface area contributed by atoms with Crippen LogP contribution >= 0.6 is 0 Å². The van der Waals surface area contributed by atoms with Crippen molar-refractivity contribution < 1.29 is 47.0 Å². The van der Waals surface area contributed by atoms with Gasteiger partial charge < -0.3 is 27.5 Å². The number of hydrogen-bond donors (Lipinski definition) is 2. The SMILES string of the molecule is C1=CCC/C=C\CC1.F[B-](F)(F)F.Oc1ccc(O)cc1.[Rh]. The van der Waals surface area contributed by atoms with Crippen LogP contribution in [0.4, 0.5) is 17.3 Å². The summed E-state index contributed by atoms with van der Waals surface area (Å²) in [4.78, 5) is 0. The van der Waals surface area contributed by atoms with Crippen molar-refractivity contribution in [3.8, 4) is 11.5 Å². The molecule has 1 aromatic carbocycles. The van der Waals surface area contributed by atoms with Gasteiger partial charge in [0.05, 0.1) is 0 Å². The van der Waals surface area contributed by atoms with Crippen molar-refractivity contribution in [3.05, 3.63) is 48.6 Å². The zero-order chi connectivity index (χ0) is 16.1. The van der Waals surface area contributed by atoms with Crippen LogP contribution in [0.1, 0.15) is 25.7 Å². The minimum atomic E-state index is -6.00. The van der Waals surface area contributed by atoms with Gasteiger partial charge in [0, 0.05) is 19.5 Å². The van der Waals surface area contributed by atoms with E-state index in [-0.39, 0.29) is 31.0 Å². The van der Waals surface area contributed by atoms with Crippen LogP contribution in [0.3, 0.4) is 0 Å². The third-order valence-corrected chi connectivity index (χ3v) is 2.18. The van der Waals surface area contributed by atoms with Crippen LogP contribution < -0.4 is 0 Å². The molecular weight excluding hydrogens is 390 g/mol. The maximum atomic E-state index is 9.75. The van der Waals surface area contributed by atoms with Crippen molar-refractivity contribution >= 4 is 7.25 Å². The standard InChI is InChI=1S/C8H12.C6H6O2.BF4.Rh/c1-2-4-6-8-7-5-3-1;7-5-1-2-6(8)4-3-5;2-1(3,4)5;/h1-2,7-8H,3-6H2;1-4,7-8H;;/q;;-1;/b2-1-,8-7?;;;. The van der Waals surface area contributed by atoms with Gasteiger partial charge in [-0.3, -0.25) is 0 Å². The van der Waals surface area contributed by atoms with Crippen molar-refractivity contribution in [1.82, 2.24) is 0 Å². The Balaban J connectivity index is 0. The van der Waals surface area contributed by atoms with Crippen molar-refractivity contribution in [2.75, 3.05) is 0 Å². The Morgan fingerprint density at radius 3 is 1.00 bits per heavy atom. The van der Waals surface area contributed by atoms with Crippen molar-refractivity contribution in [2.45, 2.75) is 25.7 Å². The van der Waals surface area contributed by atoms with Gasteiger partial charge in [-0.05, 0) is 49.9 Å². The van der Waals surface area contributed by atoms with Gasteiger partial charge in [0.1, 0.15) is 11.5 Å². The van der Waals surface area contributed by atoms with Crippen LogP contribution in [-0.2, 0) is 19.5 Å². The van der Waals surface area contributed by atoms with Crippen molar-refractivity contribution in [2.24, 2.45) is 0 Å². The molecule has 2 rings (SSSR count). The van der Waals surface area contributed by atoms with E-state index in [1.807, 2.05) is 0 Å². The molecule has 0 aliphatic heterocycles. The molecule has 0 amide bonds. The fraction of sp³-hybridized carbons (Fsp3) is 0.286. The van der Waals surface area contributed by atoms with Crippen LogP contribution in [-0.4, -0.2) is 17.5 Å². The molecule has 0 bridgehead atoms.